The van der Waals surface area contributed by atoms with Gasteiger partial charge < -0.3 is 5.32 Å². The lowest BCUT2D eigenvalue weighted by molar-refractivity contribution is -0.136. The van der Waals surface area contributed by atoms with Gasteiger partial charge in [-0.05, 0) is 29.8 Å². The second kappa shape index (κ2) is 7.40. The molecule has 2 amide bonds. The van der Waals surface area contributed by atoms with Gasteiger partial charge in [-0.1, -0.05) is 60.2 Å². The van der Waals surface area contributed by atoms with Crippen LogP contribution < -0.4 is 10.7 Å². The van der Waals surface area contributed by atoms with Gasteiger partial charge in [0, 0.05) is 11.3 Å². The molecular formula is C20H17N3O2. The van der Waals surface area contributed by atoms with Crippen LogP contribution in [0.3, 0.4) is 0 Å². The van der Waals surface area contributed by atoms with E-state index in [9.17, 15) is 9.59 Å². The summed E-state index contributed by atoms with van der Waals surface area (Å²) in [5, 5.41) is 8.50. The van der Waals surface area contributed by atoms with Crippen LogP contribution in [0.15, 0.2) is 71.8 Å². The number of benzene rings is 3. The van der Waals surface area contributed by atoms with E-state index in [-0.39, 0.29) is 0 Å². The molecule has 5 nitrogen and oxygen atoms in total. The van der Waals surface area contributed by atoms with Crippen molar-refractivity contribution in [3.05, 3.63) is 77.9 Å². The van der Waals surface area contributed by atoms with Crippen molar-refractivity contribution in [1.82, 2.24) is 5.43 Å². The number of carbonyl (C=O) groups is 2. The maximum Gasteiger partial charge on any atom is 0.329 e. The van der Waals surface area contributed by atoms with E-state index in [1.54, 1.807) is 12.1 Å². The molecule has 0 unspecified atom stereocenters. The third-order valence-corrected chi connectivity index (χ3v) is 3.71. The Balaban J connectivity index is 1.64. The Morgan fingerprint density at radius 2 is 1.60 bits per heavy atom. The van der Waals surface area contributed by atoms with Gasteiger partial charge in [-0.25, -0.2) is 5.43 Å². The lowest BCUT2D eigenvalue weighted by Gasteiger charge is -2.04. The van der Waals surface area contributed by atoms with Crippen LogP contribution in [-0.4, -0.2) is 18.0 Å². The molecule has 3 aromatic rings. The van der Waals surface area contributed by atoms with Crippen molar-refractivity contribution in [2.75, 3.05) is 5.32 Å². The zero-order chi connectivity index (χ0) is 17.6. The minimum atomic E-state index is -0.822. The molecule has 0 fully saturated rings. The van der Waals surface area contributed by atoms with Gasteiger partial charge in [-0.15, -0.1) is 0 Å². The Labute approximate surface area is 145 Å². The molecule has 5 heteroatoms. The number of hydrogen-bond donors (Lipinski definition) is 2. The Morgan fingerprint density at radius 1 is 0.880 bits per heavy atom. The number of aryl methyl sites for hydroxylation is 1. The molecule has 0 aliphatic heterocycles. The molecule has 0 saturated heterocycles. The first-order valence-electron chi connectivity index (χ1n) is 7.82. The SMILES string of the molecule is Cc1ccc(NC(=O)C(=O)N/N=C\c2cccc3ccccc23)cc1. The number of nitrogens with zero attached hydrogens (tertiary/aromatic N) is 1. The van der Waals surface area contributed by atoms with E-state index in [0.29, 0.717) is 5.69 Å². The average Bonchev–Trinajstić information content (AvgIpc) is 2.63. The molecule has 0 heterocycles. The number of nitrogens with one attached hydrogen (secondary N) is 2. The zero-order valence-electron chi connectivity index (χ0n) is 13.7. The van der Waals surface area contributed by atoms with Crippen molar-refractivity contribution in [2.24, 2.45) is 5.10 Å². The molecular weight excluding hydrogens is 314 g/mol. The summed E-state index contributed by atoms with van der Waals surface area (Å²) in [7, 11) is 0. The second-order valence-electron chi connectivity index (χ2n) is 5.59. The Kier molecular flexibility index (Phi) is 4.85. The minimum Gasteiger partial charge on any atom is -0.318 e. The summed E-state index contributed by atoms with van der Waals surface area (Å²) in [5.74, 6) is -1.59. The highest BCUT2D eigenvalue weighted by Crippen LogP contribution is 2.16. The molecule has 3 aromatic carbocycles. The summed E-state index contributed by atoms with van der Waals surface area (Å²) < 4.78 is 0. The Hall–Kier alpha value is -3.47. The molecule has 0 aromatic heterocycles. The summed E-state index contributed by atoms with van der Waals surface area (Å²) in [5.41, 5.74) is 4.73. The Bertz CT molecular complexity index is 941. The first kappa shape index (κ1) is 16.4. The molecule has 0 aliphatic rings. The molecule has 0 radical (unpaired) electrons. The fourth-order valence-electron chi connectivity index (χ4n) is 2.40. The van der Waals surface area contributed by atoms with Crippen molar-refractivity contribution >= 4 is 34.5 Å². The van der Waals surface area contributed by atoms with Crippen LogP contribution in [0, 0.1) is 6.92 Å². The summed E-state index contributed by atoms with van der Waals surface area (Å²) in [6.45, 7) is 1.94. The number of hydrogen-bond acceptors (Lipinski definition) is 3. The van der Waals surface area contributed by atoms with Crippen LogP contribution in [0.1, 0.15) is 11.1 Å². The Morgan fingerprint density at radius 3 is 2.40 bits per heavy atom. The van der Waals surface area contributed by atoms with Crippen LogP contribution in [0.4, 0.5) is 5.69 Å². The predicted molar refractivity (Wildman–Crippen MR) is 99.5 cm³/mol. The molecule has 2 N–H and O–H groups in total. The maximum atomic E-state index is 11.9. The molecule has 0 atom stereocenters. The van der Waals surface area contributed by atoms with Gasteiger partial charge in [-0.3, -0.25) is 9.59 Å². The number of anilines is 1. The monoisotopic (exact) mass is 331 g/mol. The van der Waals surface area contributed by atoms with Crippen molar-refractivity contribution in [3.8, 4) is 0 Å². The fourth-order valence-corrected chi connectivity index (χ4v) is 2.40. The summed E-state index contributed by atoms with van der Waals surface area (Å²) >= 11 is 0. The molecule has 0 aliphatic carbocycles. The number of rotatable bonds is 3. The highest BCUT2D eigenvalue weighted by Gasteiger charge is 2.12. The number of carbonyl (C=O) groups excluding carboxylic acids is 2. The van der Waals surface area contributed by atoms with E-state index in [2.05, 4.69) is 15.8 Å². The molecule has 0 saturated carbocycles. The first-order chi connectivity index (χ1) is 12.1. The quantitative estimate of drug-likeness (QED) is 0.439. The van der Waals surface area contributed by atoms with Crippen LogP contribution in [-0.2, 0) is 9.59 Å². The third-order valence-electron chi connectivity index (χ3n) is 3.71. The predicted octanol–water partition coefficient (Wildman–Crippen LogP) is 3.24. The van der Waals surface area contributed by atoms with Gasteiger partial charge in [0.2, 0.25) is 0 Å². The summed E-state index contributed by atoms with van der Waals surface area (Å²) in [6, 6.07) is 20.9. The summed E-state index contributed by atoms with van der Waals surface area (Å²) in [6.07, 6.45) is 1.53. The standard InChI is InChI=1S/C20H17N3O2/c1-14-9-11-17(12-10-14)22-19(24)20(25)23-21-13-16-7-4-6-15-5-2-3-8-18(15)16/h2-13H,1H3,(H,22,24)(H,23,25)/b21-13-. The highest BCUT2D eigenvalue weighted by atomic mass is 16.2. The average molecular weight is 331 g/mol. The van der Waals surface area contributed by atoms with Crippen LogP contribution >= 0.6 is 0 Å². The largest absolute Gasteiger partial charge is 0.329 e. The normalized spacial score (nSPS) is 10.8. The molecule has 0 spiro atoms. The van der Waals surface area contributed by atoms with Gasteiger partial charge in [0.25, 0.3) is 0 Å². The lowest BCUT2D eigenvalue weighted by atomic mass is 10.1. The number of hydrazone groups is 1. The molecule has 0 bridgehead atoms. The van der Waals surface area contributed by atoms with E-state index in [0.717, 1.165) is 21.9 Å². The van der Waals surface area contributed by atoms with E-state index in [1.807, 2.05) is 61.5 Å². The van der Waals surface area contributed by atoms with E-state index in [1.165, 1.54) is 6.21 Å². The first-order valence-corrected chi connectivity index (χ1v) is 7.82. The molecule has 124 valence electrons. The van der Waals surface area contributed by atoms with Crippen molar-refractivity contribution < 1.29 is 9.59 Å². The third kappa shape index (κ3) is 4.09. The number of fused-ring (bicyclic) bond motifs is 1. The van der Waals surface area contributed by atoms with Gasteiger partial charge in [0.15, 0.2) is 0 Å². The lowest BCUT2D eigenvalue weighted by Crippen LogP contribution is -2.32. The fraction of sp³-hybridized carbons (Fsp3) is 0.0500. The smallest absolute Gasteiger partial charge is 0.318 e. The molecule has 25 heavy (non-hydrogen) atoms. The maximum absolute atomic E-state index is 11.9. The topological polar surface area (TPSA) is 70.6 Å². The van der Waals surface area contributed by atoms with Crippen LogP contribution in [0.5, 0.6) is 0 Å². The van der Waals surface area contributed by atoms with Gasteiger partial charge >= 0.3 is 11.8 Å². The van der Waals surface area contributed by atoms with Gasteiger partial charge in [0.1, 0.15) is 0 Å². The summed E-state index contributed by atoms with van der Waals surface area (Å²) in [4.78, 5) is 23.7. The van der Waals surface area contributed by atoms with Crippen LogP contribution in [0.2, 0.25) is 0 Å². The van der Waals surface area contributed by atoms with Crippen molar-refractivity contribution in [1.29, 1.82) is 0 Å². The van der Waals surface area contributed by atoms with E-state index in [4.69, 9.17) is 0 Å². The van der Waals surface area contributed by atoms with E-state index >= 15 is 0 Å². The molecule has 3 rings (SSSR count). The van der Waals surface area contributed by atoms with Crippen LogP contribution in [0.25, 0.3) is 10.8 Å². The van der Waals surface area contributed by atoms with Crippen molar-refractivity contribution in [3.63, 3.8) is 0 Å². The van der Waals surface area contributed by atoms with E-state index < -0.39 is 11.8 Å². The van der Waals surface area contributed by atoms with Gasteiger partial charge in [0.05, 0.1) is 6.21 Å². The van der Waals surface area contributed by atoms with Gasteiger partial charge in [-0.2, -0.15) is 5.10 Å². The zero-order valence-corrected chi connectivity index (χ0v) is 13.7. The highest BCUT2D eigenvalue weighted by molar-refractivity contribution is 6.39. The second-order valence-corrected chi connectivity index (χ2v) is 5.59. The van der Waals surface area contributed by atoms with Crippen molar-refractivity contribution in [2.45, 2.75) is 6.92 Å². The number of amides is 2. The minimum absolute atomic E-state index is 0.559.